The molecule has 1 aromatic carbocycles. The van der Waals surface area contributed by atoms with Crippen LogP contribution in [0.5, 0.6) is 0 Å². The van der Waals surface area contributed by atoms with E-state index < -0.39 is 0 Å². The lowest BCUT2D eigenvalue weighted by atomic mass is 10.1. The Morgan fingerprint density at radius 3 is 2.75 bits per heavy atom. The van der Waals surface area contributed by atoms with Crippen LogP contribution < -0.4 is 5.73 Å². The first-order chi connectivity index (χ1) is 9.71. The normalized spacial score (nSPS) is 10.4. The van der Waals surface area contributed by atoms with Crippen LogP contribution in [0.3, 0.4) is 0 Å². The fourth-order valence-corrected chi connectivity index (χ4v) is 1.83. The van der Waals surface area contributed by atoms with Gasteiger partial charge in [-0.05, 0) is 25.6 Å². The first-order valence-electron chi connectivity index (χ1n) is 6.98. The number of rotatable bonds is 7. The van der Waals surface area contributed by atoms with Crippen molar-refractivity contribution in [2.75, 3.05) is 32.8 Å². The van der Waals surface area contributed by atoms with E-state index in [0.717, 1.165) is 13.1 Å². The summed E-state index contributed by atoms with van der Waals surface area (Å²) >= 11 is 0. The Hall–Kier alpha value is -1.41. The SMILES string of the molecule is CCOCCN(CC)Cc1ccc(C#CCN)cc1F. The average Bonchev–Trinajstić information content (AvgIpc) is 2.46. The number of ether oxygens (including phenoxy) is 1. The number of benzene rings is 1. The molecule has 0 aromatic heterocycles. The standard InChI is InChI=1S/C16H23FN2O/c1-3-19(10-11-20-4-2)13-15-8-7-14(6-5-9-18)12-16(15)17/h7-8,12H,3-4,9-11,13,18H2,1-2H3. The van der Waals surface area contributed by atoms with Crippen molar-refractivity contribution in [2.24, 2.45) is 5.73 Å². The zero-order valence-corrected chi connectivity index (χ0v) is 12.3. The molecule has 4 heteroatoms. The quantitative estimate of drug-likeness (QED) is 0.612. The smallest absolute Gasteiger partial charge is 0.128 e. The van der Waals surface area contributed by atoms with Crippen molar-refractivity contribution in [1.29, 1.82) is 0 Å². The van der Waals surface area contributed by atoms with Crippen LogP contribution in [0.1, 0.15) is 25.0 Å². The average molecular weight is 278 g/mol. The minimum Gasteiger partial charge on any atom is -0.380 e. The fraction of sp³-hybridized carbons (Fsp3) is 0.500. The van der Waals surface area contributed by atoms with Gasteiger partial charge in [-0.15, -0.1) is 0 Å². The largest absolute Gasteiger partial charge is 0.380 e. The summed E-state index contributed by atoms with van der Waals surface area (Å²) in [4.78, 5) is 2.15. The van der Waals surface area contributed by atoms with E-state index >= 15 is 0 Å². The number of halogens is 1. The van der Waals surface area contributed by atoms with Gasteiger partial charge >= 0.3 is 0 Å². The van der Waals surface area contributed by atoms with Crippen molar-refractivity contribution < 1.29 is 9.13 Å². The van der Waals surface area contributed by atoms with E-state index in [1.165, 1.54) is 6.07 Å². The van der Waals surface area contributed by atoms with Crippen LogP contribution in [0.15, 0.2) is 18.2 Å². The van der Waals surface area contributed by atoms with E-state index in [1.54, 1.807) is 6.07 Å². The minimum atomic E-state index is -0.219. The van der Waals surface area contributed by atoms with Crippen LogP contribution in [-0.2, 0) is 11.3 Å². The van der Waals surface area contributed by atoms with Crippen LogP contribution >= 0.6 is 0 Å². The lowest BCUT2D eigenvalue weighted by molar-refractivity contribution is 0.112. The Bertz CT molecular complexity index is 465. The van der Waals surface area contributed by atoms with E-state index in [4.69, 9.17) is 10.5 Å². The Balaban J connectivity index is 2.66. The Morgan fingerprint density at radius 1 is 1.35 bits per heavy atom. The molecule has 0 aliphatic rings. The number of nitrogens with two attached hydrogens (primary N) is 1. The van der Waals surface area contributed by atoms with Crippen molar-refractivity contribution in [2.45, 2.75) is 20.4 Å². The highest BCUT2D eigenvalue weighted by Gasteiger charge is 2.08. The summed E-state index contributed by atoms with van der Waals surface area (Å²) in [5, 5.41) is 0. The number of hydrogen-bond acceptors (Lipinski definition) is 3. The number of likely N-dealkylation sites (N-methyl/N-ethyl adjacent to an activating group) is 1. The molecule has 2 N–H and O–H groups in total. The molecule has 0 fully saturated rings. The van der Waals surface area contributed by atoms with Crippen molar-refractivity contribution in [3.8, 4) is 11.8 Å². The number of hydrogen-bond donors (Lipinski definition) is 1. The lowest BCUT2D eigenvalue weighted by Gasteiger charge is -2.20. The highest BCUT2D eigenvalue weighted by atomic mass is 19.1. The predicted octanol–water partition coefficient (Wildman–Crippen LogP) is 1.99. The molecule has 110 valence electrons. The van der Waals surface area contributed by atoms with Gasteiger partial charge in [-0.2, -0.15) is 0 Å². The van der Waals surface area contributed by atoms with Gasteiger partial charge in [0.1, 0.15) is 5.82 Å². The van der Waals surface area contributed by atoms with Gasteiger partial charge < -0.3 is 10.5 Å². The molecule has 0 spiro atoms. The van der Waals surface area contributed by atoms with E-state index in [9.17, 15) is 4.39 Å². The molecule has 0 heterocycles. The molecule has 1 aromatic rings. The van der Waals surface area contributed by atoms with Gasteiger partial charge in [0.25, 0.3) is 0 Å². The third-order valence-electron chi connectivity index (χ3n) is 2.98. The second-order valence-electron chi connectivity index (χ2n) is 4.38. The predicted molar refractivity (Wildman–Crippen MR) is 79.8 cm³/mol. The van der Waals surface area contributed by atoms with Crippen molar-refractivity contribution >= 4 is 0 Å². The van der Waals surface area contributed by atoms with Crippen LogP contribution in [0.4, 0.5) is 4.39 Å². The molecule has 0 aliphatic carbocycles. The van der Waals surface area contributed by atoms with E-state index in [1.807, 2.05) is 13.0 Å². The summed E-state index contributed by atoms with van der Waals surface area (Å²) in [5.74, 6) is 5.34. The van der Waals surface area contributed by atoms with Crippen LogP contribution in [0.2, 0.25) is 0 Å². The molecule has 3 nitrogen and oxygen atoms in total. The molecular weight excluding hydrogens is 255 g/mol. The molecule has 0 saturated carbocycles. The minimum absolute atomic E-state index is 0.219. The molecule has 0 bridgehead atoms. The molecule has 20 heavy (non-hydrogen) atoms. The Labute approximate surface area is 120 Å². The fourth-order valence-electron chi connectivity index (χ4n) is 1.83. The summed E-state index contributed by atoms with van der Waals surface area (Å²) in [6.07, 6.45) is 0. The third-order valence-corrected chi connectivity index (χ3v) is 2.98. The summed E-state index contributed by atoms with van der Waals surface area (Å²) in [6.45, 7) is 7.94. The second-order valence-corrected chi connectivity index (χ2v) is 4.38. The lowest BCUT2D eigenvalue weighted by Crippen LogP contribution is -2.27. The molecule has 1 rings (SSSR count). The van der Waals surface area contributed by atoms with Gasteiger partial charge in [-0.3, -0.25) is 4.90 Å². The maximum Gasteiger partial charge on any atom is 0.128 e. The monoisotopic (exact) mass is 278 g/mol. The van der Waals surface area contributed by atoms with Crippen molar-refractivity contribution in [1.82, 2.24) is 4.90 Å². The van der Waals surface area contributed by atoms with Crippen molar-refractivity contribution in [3.05, 3.63) is 35.1 Å². The van der Waals surface area contributed by atoms with E-state index in [0.29, 0.717) is 30.9 Å². The second kappa shape index (κ2) is 9.49. The Kier molecular flexibility index (Phi) is 7.89. The maximum atomic E-state index is 14.0. The molecule has 0 saturated heterocycles. The van der Waals surface area contributed by atoms with Gasteiger partial charge in [0, 0.05) is 30.8 Å². The molecule has 0 atom stereocenters. The first-order valence-corrected chi connectivity index (χ1v) is 6.98. The maximum absolute atomic E-state index is 14.0. The number of nitrogens with zero attached hydrogens (tertiary/aromatic N) is 1. The summed E-state index contributed by atoms with van der Waals surface area (Å²) < 4.78 is 19.3. The highest BCUT2D eigenvalue weighted by Crippen LogP contribution is 2.12. The van der Waals surface area contributed by atoms with Crippen LogP contribution in [0.25, 0.3) is 0 Å². The first kappa shape index (κ1) is 16.6. The zero-order valence-electron chi connectivity index (χ0n) is 12.3. The molecule has 0 unspecified atom stereocenters. The highest BCUT2D eigenvalue weighted by molar-refractivity contribution is 5.37. The van der Waals surface area contributed by atoms with Gasteiger partial charge in [0.05, 0.1) is 13.2 Å². The van der Waals surface area contributed by atoms with Crippen LogP contribution in [0, 0.1) is 17.7 Å². The van der Waals surface area contributed by atoms with Gasteiger partial charge in [-0.25, -0.2) is 4.39 Å². The van der Waals surface area contributed by atoms with Crippen molar-refractivity contribution in [3.63, 3.8) is 0 Å². The molecule has 0 amide bonds. The summed E-state index contributed by atoms with van der Waals surface area (Å²) in [5.41, 5.74) is 6.64. The zero-order chi connectivity index (χ0) is 14.8. The molecular formula is C16H23FN2O. The molecule has 0 aliphatic heterocycles. The summed E-state index contributed by atoms with van der Waals surface area (Å²) in [7, 11) is 0. The van der Waals surface area contributed by atoms with E-state index in [-0.39, 0.29) is 12.4 Å². The molecule has 0 radical (unpaired) electrons. The van der Waals surface area contributed by atoms with Gasteiger partial charge in [-0.1, -0.05) is 24.8 Å². The third kappa shape index (κ3) is 5.70. The van der Waals surface area contributed by atoms with E-state index in [2.05, 4.69) is 23.7 Å². The van der Waals surface area contributed by atoms with Gasteiger partial charge in [0.15, 0.2) is 0 Å². The Morgan fingerprint density at radius 2 is 2.15 bits per heavy atom. The van der Waals surface area contributed by atoms with Crippen LogP contribution in [-0.4, -0.2) is 37.7 Å². The van der Waals surface area contributed by atoms with Gasteiger partial charge in [0.2, 0.25) is 0 Å². The summed E-state index contributed by atoms with van der Waals surface area (Å²) in [6, 6.07) is 5.09. The topological polar surface area (TPSA) is 38.5 Å².